The van der Waals surface area contributed by atoms with Crippen LogP contribution in [0.25, 0.3) is 0 Å². The number of rotatable bonds is 2. The van der Waals surface area contributed by atoms with Crippen LogP contribution < -0.4 is 5.73 Å². The molecular weight excluding hydrogens is 180 g/mol. The van der Waals surface area contributed by atoms with E-state index < -0.39 is 0 Å². The van der Waals surface area contributed by atoms with Gasteiger partial charge in [-0.1, -0.05) is 6.07 Å². The molecule has 1 fully saturated rings. The SMILES string of the molecule is C[C@H](c1cccs1)N1CC[C@H](N)C1. The van der Waals surface area contributed by atoms with E-state index in [9.17, 15) is 0 Å². The summed E-state index contributed by atoms with van der Waals surface area (Å²) in [6.07, 6.45) is 1.15. The molecule has 2 nitrogen and oxygen atoms in total. The molecule has 3 heteroatoms. The maximum absolute atomic E-state index is 5.88. The summed E-state index contributed by atoms with van der Waals surface area (Å²) in [6.45, 7) is 4.48. The van der Waals surface area contributed by atoms with Gasteiger partial charge in [0.25, 0.3) is 0 Å². The van der Waals surface area contributed by atoms with Gasteiger partial charge in [-0.25, -0.2) is 0 Å². The van der Waals surface area contributed by atoms with E-state index in [4.69, 9.17) is 5.73 Å². The largest absolute Gasteiger partial charge is 0.326 e. The Morgan fingerprint density at radius 3 is 3.08 bits per heavy atom. The van der Waals surface area contributed by atoms with E-state index in [1.165, 1.54) is 4.88 Å². The highest BCUT2D eigenvalue weighted by Crippen LogP contribution is 2.27. The van der Waals surface area contributed by atoms with Gasteiger partial charge in [-0.3, -0.25) is 4.90 Å². The molecular formula is C10H16N2S. The van der Waals surface area contributed by atoms with Crippen LogP contribution in [0.2, 0.25) is 0 Å². The average Bonchev–Trinajstić information content (AvgIpc) is 2.72. The Morgan fingerprint density at radius 2 is 2.54 bits per heavy atom. The van der Waals surface area contributed by atoms with Crippen molar-refractivity contribution in [3.63, 3.8) is 0 Å². The second-order valence-electron chi connectivity index (χ2n) is 3.74. The first-order chi connectivity index (χ1) is 6.27. The Balaban J connectivity index is 2.02. The number of thiophene rings is 1. The van der Waals surface area contributed by atoms with Crippen LogP contribution in [0.5, 0.6) is 0 Å². The molecule has 0 aromatic carbocycles. The van der Waals surface area contributed by atoms with Gasteiger partial charge in [0, 0.05) is 30.1 Å². The summed E-state index contributed by atoms with van der Waals surface area (Å²) in [7, 11) is 0. The van der Waals surface area contributed by atoms with Crippen molar-refractivity contribution in [1.29, 1.82) is 0 Å². The highest BCUT2D eigenvalue weighted by Gasteiger charge is 2.24. The van der Waals surface area contributed by atoms with Gasteiger partial charge >= 0.3 is 0 Å². The van der Waals surface area contributed by atoms with Gasteiger partial charge < -0.3 is 5.73 Å². The van der Waals surface area contributed by atoms with Crippen molar-refractivity contribution in [1.82, 2.24) is 4.90 Å². The monoisotopic (exact) mass is 196 g/mol. The zero-order chi connectivity index (χ0) is 9.26. The number of hydrogen-bond donors (Lipinski definition) is 1. The van der Waals surface area contributed by atoms with Crippen LogP contribution in [-0.4, -0.2) is 24.0 Å². The van der Waals surface area contributed by atoms with E-state index in [1.807, 2.05) is 11.3 Å². The number of nitrogens with zero attached hydrogens (tertiary/aromatic N) is 1. The average molecular weight is 196 g/mol. The zero-order valence-electron chi connectivity index (χ0n) is 7.94. The first-order valence-corrected chi connectivity index (χ1v) is 5.68. The molecule has 0 saturated carbocycles. The van der Waals surface area contributed by atoms with Crippen molar-refractivity contribution in [2.24, 2.45) is 5.73 Å². The molecule has 13 heavy (non-hydrogen) atoms. The Kier molecular flexibility index (Phi) is 2.67. The van der Waals surface area contributed by atoms with Crippen molar-refractivity contribution < 1.29 is 0 Å². The molecule has 2 N–H and O–H groups in total. The van der Waals surface area contributed by atoms with Crippen LogP contribution in [0.15, 0.2) is 17.5 Å². The van der Waals surface area contributed by atoms with Gasteiger partial charge in [0.1, 0.15) is 0 Å². The molecule has 72 valence electrons. The molecule has 2 rings (SSSR count). The fraction of sp³-hybridized carbons (Fsp3) is 0.600. The van der Waals surface area contributed by atoms with Crippen LogP contribution in [0.3, 0.4) is 0 Å². The van der Waals surface area contributed by atoms with Gasteiger partial charge in [0.05, 0.1) is 0 Å². The van der Waals surface area contributed by atoms with Gasteiger partial charge in [0.15, 0.2) is 0 Å². The first kappa shape index (κ1) is 9.19. The summed E-state index contributed by atoms with van der Waals surface area (Å²) in [5.41, 5.74) is 5.88. The predicted molar refractivity (Wildman–Crippen MR) is 56.9 cm³/mol. The molecule has 2 atom stereocenters. The number of hydrogen-bond acceptors (Lipinski definition) is 3. The highest BCUT2D eigenvalue weighted by molar-refractivity contribution is 7.10. The standard InChI is InChI=1S/C10H16N2S/c1-8(10-3-2-6-13-10)12-5-4-9(11)7-12/h2-3,6,8-9H,4-5,7,11H2,1H3/t8-,9+/m1/s1. The van der Waals surface area contributed by atoms with Gasteiger partial charge in [-0.2, -0.15) is 0 Å². The molecule has 1 aromatic rings. The van der Waals surface area contributed by atoms with Crippen molar-refractivity contribution in [3.05, 3.63) is 22.4 Å². The molecule has 1 aromatic heterocycles. The smallest absolute Gasteiger partial charge is 0.0413 e. The third-order valence-corrected chi connectivity index (χ3v) is 3.80. The summed E-state index contributed by atoms with van der Waals surface area (Å²) in [6, 6.07) is 5.27. The maximum atomic E-state index is 5.88. The second kappa shape index (κ2) is 3.78. The quantitative estimate of drug-likeness (QED) is 0.782. The molecule has 0 amide bonds. The fourth-order valence-corrected chi connectivity index (χ4v) is 2.69. The minimum atomic E-state index is 0.391. The lowest BCUT2D eigenvalue weighted by atomic mass is 10.2. The summed E-state index contributed by atoms with van der Waals surface area (Å²) >= 11 is 1.84. The van der Waals surface area contributed by atoms with Crippen LogP contribution in [-0.2, 0) is 0 Å². The van der Waals surface area contributed by atoms with Gasteiger partial charge in [-0.15, -0.1) is 11.3 Å². The molecule has 0 unspecified atom stereocenters. The Hall–Kier alpha value is -0.380. The highest BCUT2D eigenvalue weighted by atomic mass is 32.1. The minimum absolute atomic E-state index is 0.391. The normalized spacial score (nSPS) is 26.5. The lowest BCUT2D eigenvalue weighted by Gasteiger charge is -2.22. The molecule has 1 aliphatic heterocycles. The zero-order valence-corrected chi connectivity index (χ0v) is 8.76. The molecule has 1 aliphatic rings. The fourth-order valence-electron chi connectivity index (χ4n) is 1.88. The summed E-state index contributed by atoms with van der Waals surface area (Å²) in [5.74, 6) is 0. The summed E-state index contributed by atoms with van der Waals surface area (Å²) in [5, 5.41) is 2.14. The van der Waals surface area contributed by atoms with Crippen LogP contribution >= 0.6 is 11.3 Å². The third-order valence-electron chi connectivity index (χ3n) is 2.76. The van der Waals surface area contributed by atoms with Crippen molar-refractivity contribution in [3.8, 4) is 0 Å². The third kappa shape index (κ3) is 1.93. The summed E-state index contributed by atoms with van der Waals surface area (Å²) in [4.78, 5) is 3.92. The van der Waals surface area contributed by atoms with E-state index in [-0.39, 0.29) is 0 Å². The van der Waals surface area contributed by atoms with Crippen LogP contribution in [0, 0.1) is 0 Å². The van der Waals surface area contributed by atoms with Crippen molar-refractivity contribution in [2.75, 3.05) is 13.1 Å². The Bertz CT molecular complexity index is 258. The maximum Gasteiger partial charge on any atom is 0.0413 e. The van der Waals surface area contributed by atoms with Crippen LogP contribution in [0.1, 0.15) is 24.3 Å². The molecule has 0 aliphatic carbocycles. The van der Waals surface area contributed by atoms with Gasteiger partial charge in [-0.05, 0) is 24.8 Å². The van der Waals surface area contributed by atoms with Crippen LogP contribution in [0.4, 0.5) is 0 Å². The lowest BCUT2D eigenvalue weighted by Crippen LogP contribution is -2.28. The second-order valence-corrected chi connectivity index (χ2v) is 4.71. The summed E-state index contributed by atoms with van der Waals surface area (Å²) < 4.78 is 0. The molecule has 2 heterocycles. The van der Waals surface area contributed by atoms with E-state index >= 15 is 0 Å². The topological polar surface area (TPSA) is 29.3 Å². The van der Waals surface area contributed by atoms with Gasteiger partial charge in [0.2, 0.25) is 0 Å². The number of nitrogens with two attached hydrogens (primary N) is 1. The molecule has 0 radical (unpaired) electrons. The molecule has 1 saturated heterocycles. The van der Waals surface area contributed by atoms with E-state index in [0.717, 1.165) is 19.5 Å². The molecule has 0 spiro atoms. The Labute approximate surface area is 83.4 Å². The molecule has 0 bridgehead atoms. The van der Waals surface area contributed by atoms with Crippen molar-refractivity contribution >= 4 is 11.3 Å². The minimum Gasteiger partial charge on any atom is -0.326 e. The lowest BCUT2D eigenvalue weighted by molar-refractivity contribution is 0.263. The number of likely N-dealkylation sites (tertiary alicyclic amines) is 1. The van der Waals surface area contributed by atoms with E-state index in [1.54, 1.807) is 0 Å². The van der Waals surface area contributed by atoms with Crippen molar-refractivity contribution in [2.45, 2.75) is 25.4 Å². The predicted octanol–water partition coefficient (Wildman–Crippen LogP) is 1.84. The van der Waals surface area contributed by atoms with E-state index in [0.29, 0.717) is 12.1 Å². The van der Waals surface area contributed by atoms with E-state index in [2.05, 4.69) is 29.3 Å². The first-order valence-electron chi connectivity index (χ1n) is 4.80. The Morgan fingerprint density at radius 1 is 1.69 bits per heavy atom.